The highest BCUT2D eigenvalue weighted by molar-refractivity contribution is 7.90. The molecule has 1 unspecified atom stereocenters. The van der Waals surface area contributed by atoms with Crippen LogP contribution in [0.25, 0.3) is 0 Å². The number of carbonyl (C=O) groups is 2. The monoisotopic (exact) mass is 1780 g/mol. The molecule has 1 atom stereocenters. The van der Waals surface area contributed by atoms with Gasteiger partial charge in [0, 0.05) is 145 Å². The summed E-state index contributed by atoms with van der Waals surface area (Å²) in [5, 5.41) is 8.46. The van der Waals surface area contributed by atoms with Crippen molar-refractivity contribution in [1.82, 2.24) is 63.6 Å². The van der Waals surface area contributed by atoms with Crippen LogP contribution in [0.2, 0.25) is 0 Å². The number of amides is 2. The van der Waals surface area contributed by atoms with E-state index >= 15 is 0 Å². The first-order chi connectivity index (χ1) is 58.8. The molecule has 5 fully saturated rings. The Labute approximate surface area is 762 Å². The number of sulfonamides is 1. The molecule has 11 rings (SSSR count). The molecule has 0 saturated carbocycles. The van der Waals surface area contributed by atoms with E-state index in [0.29, 0.717) is 85.6 Å². The fourth-order valence-electron chi connectivity index (χ4n) is 15.0. The van der Waals surface area contributed by atoms with Crippen LogP contribution in [0.4, 0.5) is 0 Å². The van der Waals surface area contributed by atoms with Crippen molar-refractivity contribution in [3.05, 3.63) is 167 Å². The van der Waals surface area contributed by atoms with Crippen molar-refractivity contribution in [2.75, 3.05) is 147 Å². The normalized spacial score (nSPS) is 16.2. The minimum absolute atomic E-state index is 0.162. The van der Waals surface area contributed by atoms with Gasteiger partial charge >= 0.3 is 0 Å². The van der Waals surface area contributed by atoms with E-state index in [2.05, 4.69) is 228 Å². The second-order valence-corrected chi connectivity index (χ2v) is 40.3. The lowest BCUT2D eigenvalue weighted by molar-refractivity contribution is -0.133. The first kappa shape index (κ1) is 117. The Morgan fingerprint density at radius 2 is 0.976 bits per heavy atom. The van der Waals surface area contributed by atoms with Crippen molar-refractivity contribution in [3.8, 4) is 0 Å². The summed E-state index contributed by atoms with van der Waals surface area (Å²) >= 11 is 0. The number of primary sulfonamides is 1. The number of benzene rings is 4. The van der Waals surface area contributed by atoms with Crippen LogP contribution in [0.15, 0.2) is 132 Å². The van der Waals surface area contributed by atoms with Gasteiger partial charge in [0.2, 0.25) is 21.8 Å². The zero-order valence-corrected chi connectivity index (χ0v) is 85.2. The van der Waals surface area contributed by atoms with Gasteiger partial charge in [-0.3, -0.25) is 24.3 Å². The van der Waals surface area contributed by atoms with E-state index in [1.165, 1.54) is 125 Å². The van der Waals surface area contributed by atoms with E-state index in [9.17, 15) is 26.4 Å². The fourth-order valence-corrected chi connectivity index (χ4v) is 16.9. The molecule has 6 aromatic rings. The molecular formula is C99H178N16O8S2. The third-order valence-electron chi connectivity index (χ3n) is 21.9. The number of rotatable bonds is 21. The molecule has 714 valence electrons. The topological polar surface area (TPSA) is 273 Å². The van der Waals surface area contributed by atoms with Crippen molar-refractivity contribution in [1.29, 1.82) is 0 Å². The van der Waals surface area contributed by atoms with Gasteiger partial charge in [-0.15, -0.1) is 0 Å². The molecule has 2 amide bonds. The van der Waals surface area contributed by atoms with Gasteiger partial charge in [0.05, 0.1) is 49.1 Å². The summed E-state index contributed by atoms with van der Waals surface area (Å²) < 4.78 is 59.6. The standard InChI is InChI=1S/C12H19N.C10H15N.C10H14O2S.C9H17N3.C9H20N2.C9H13NO2S.C9H19NO.C8H18N2.C8H15NO2.C8H15NO.C7H13N3/c1-10(2)12-8-6-5-7-11(12)9-13(3)4;1-8(2)10-6-4-3-5-9(10)7-11;1-8(2)9-6-4-5-7-10(9)13(3,11)12;1-8(2)12-6-5-10-9(12)7-11(3)4;1-9(2)11-6-4-5-10(3)7-8-11;1-7(2)8-5-3-4-6-9(8)13(10,11)12;1-8(2)10-6-4-5-9(10)7-11-3;1-8(2)10-6-3-4-9-5-7-10;1-7(2)9-4-6-11-5-3-8(9)10;1-7(2)8(10)9-5-3-4-6-9;1-6(2)10-4-3-9-7(10)5-8/h5-8,10H,9H2,1-4H3;3-6,8H,7,11H2,1-2H3;4-8H,1-3H3;5-6,8H,7H2,1-4H3;9H,4-8H2,1-3H3;3-7H,1-2H3,(H2,10,11,12);8-9H,4-7H2,1-3H3;8-9H,3-7H2,1-2H3;7H,3-6H2,1-2H3;7H,3-6H2,1-2H3;3-4,6H,5,8H2,1-2H3. The average Bonchev–Trinajstić information content (AvgIpc) is 1.74. The predicted molar refractivity (Wildman–Crippen MR) is 525 cm³/mol. The maximum atomic E-state index is 11.4. The first-order valence-electron chi connectivity index (χ1n) is 46.3. The summed E-state index contributed by atoms with van der Waals surface area (Å²) in [7, 11) is 5.67. The van der Waals surface area contributed by atoms with Gasteiger partial charge < -0.3 is 59.9 Å². The van der Waals surface area contributed by atoms with Crippen molar-refractivity contribution < 1.29 is 35.9 Å². The van der Waals surface area contributed by atoms with Crippen LogP contribution in [-0.4, -0.2) is 264 Å². The average molecular weight is 1780 g/mol. The maximum Gasteiger partial charge on any atom is 0.238 e. The smallest absolute Gasteiger partial charge is 0.238 e. The fraction of sp³-hybridized carbons (Fsp3) is 0.677. The molecule has 0 aliphatic carbocycles. The minimum atomic E-state index is -3.58. The van der Waals surface area contributed by atoms with Crippen molar-refractivity contribution in [3.63, 3.8) is 0 Å². The van der Waals surface area contributed by atoms with Crippen LogP contribution in [-0.2, 0) is 65.1 Å². The molecule has 26 heteroatoms. The summed E-state index contributed by atoms with van der Waals surface area (Å²) in [5.74, 6) is 4.41. The number of imidazole rings is 2. The Balaban J connectivity index is 0.000000688. The van der Waals surface area contributed by atoms with E-state index in [4.69, 9.17) is 26.1 Å². The first-order valence-corrected chi connectivity index (χ1v) is 49.8. The van der Waals surface area contributed by atoms with Gasteiger partial charge in [-0.2, -0.15) is 0 Å². The number of aromatic nitrogens is 4. The minimum Gasteiger partial charge on any atom is -0.383 e. The highest BCUT2D eigenvalue weighted by Crippen LogP contribution is 2.26. The van der Waals surface area contributed by atoms with E-state index in [1.54, 1.807) is 37.6 Å². The summed E-state index contributed by atoms with van der Waals surface area (Å²) in [6, 6.07) is 35.0. The number of likely N-dealkylation sites (tertiary alicyclic amines) is 2. The number of carbonyl (C=O) groups excluding carboxylic acids is 2. The molecule has 5 aliphatic heterocycles. The Morgan fingerprint density at radius 1 is 0.504 bits per heavy atom. The lowest BCUT2D eigenvalue weighted by Crippen LogP contribution is -2.37. The highest BCUT2D eigenvalue weighted by atomic mass is 32.2. The van der Waals surface area contributed by atoms with E-state index in [0.717, 1.165) is 80.7 Å². The molecule has 7 heterocycles. The van der Waals surface area contributed by atoms with E-state index in [1.807, 2.05) is 108 Å². The SMILES string of the molecule is CC(C)C(=O)N1CCCC1.CC(C)N1CCCN(C)CC1.CC(C)N1CCCNCC1.CC(C)N1CCOCCC1=O.CC(C)c1ccccc1CN.CC(C)c1ccccc1CN(C)C.CC(C)c1ccccc1S(C)(=O)=O.CC(C)c1ccccc1S(N)(=O)=O.CC(C)n1ccnc1CN.CC(C)n1ccnc1CN(C)C.COCC1CCCN1C(C)C. The molecule has 0 spiro atoms. The number of hydrogen-bond acceptors (Lipinski definition) is 19. The Morgan fingerprint density at radius 3 is 1.41 bits per heavy atom. The Kier molecular flexibility index (Phi) is 59.4. The summed E-state index contributed by atoms with van der Waals surface area (Å²) in [6.07, 6.45) is 17.1. The Hall–Kier alpha value is -6.34. The highest BCUT2D eigenvalue weighted by Gasteiger charge is 2.27. The van der Waals surface area contributed by atoms with Gasteiger partial charge in [-0.1, -0.05) is 154 Å². The lowest BCUT2D eigenvalue weighted by Gasteiger charge is -2.27. The van der Waals surface area contributed by atoms with Gasteiger partial charge in [-0.05, 0) is 259 Å². The molecule has 0 bridgehead atoms. The number of sulfone groups is 1. The van der Waals surface area contributed by atoms with E-state index in [-0.39, 0.29) is 28.6 Å². The number of hydrogen-bond donors (Lipinski definition) is 4. The van der Waals surface area contributed by atoms with Gasteiger partial charge in [-0.25, -0.2) is 31.9 Å². The van der Waals surface area contributed by atoms with Crippen LogP contribution in [0.5, 0.6) is 0 Å². The molecular weight excluding hydrogens is 1610 g/mol. The van der Waals surface area contributed by atoms with Crippen molar-refractivity contribution in [2.45, 2.75) is 299 Å². The van der Waals surface area contributed by atoms with Gasteiger partial charge in [0.1, 0.15) is 11.6 Å². The van der Waals surface area contributed by atoms with Crippen LogP contribution in [0, 0.1) is 5.92 Å². The van der Waals surface area contributed by atoms with Crippen LogP contribution < -0.4 is 21.9 Å². The second kappa shape index (κ2) is 63.6. The summed E-state index contributed by atoms with van der Waals surface area (Å²) in [6.45, 7) is 66.0. The number of methoxy groups -OCH3 is 1. The molecule has 7 N–H and O–H groups in total. The third kappa shape index (κ3) is 47.7. The molecule has 5 aliphatic rings. The van der Waals surface area contributed by atoms with E-state index < -0.39 is 19.9 Å². The molecule has 24 nitrogen and oxygen atoms in total. The molecule has 125 heavy (non-hydrogen) atoms. The lowest BCUT2D eigenvalue weighted by atomic mass is 9.97. The largest absolute Gasteiger partial charge is 0.383 e. The third-order valence-corrected chi connectivity index (χ3v) is 24.1. The maximum absolute atomic E-state index is 11.4. The molecule has 5 saturated heterocycles. The molecule has 2 aromatic heterocycles. The zero-order chi connectivity index (χ0) is 94.7. The number of likely N-dealkylation sites (N-methyl/N-ethyl adjacent to an activating group) is 1. The van der Waals surface area contributed by atoms with Crippen LogP contribution in [0.1, 0.15) is 278 Å². The number of nitrogens with zero attached hydrogens (tertiary/aromatic N) is 12. The van der Waals surface area contributed by atoms with Gasteiger partial charge in [0.15, 0.2) is 9.84 Å². The predicted octanol–water partition coefficient (Wildman–Crippen LogP) is 16.4. The Bertz CT molecular complexity index is 3950. The van der Waals surface area contributed by atoms with Gasteiger partial charge in [0.25, 0.3) is 0 Å². The quantitative estimate of drug-likeness (QED) is 0.0521. The van der Waals surface area contributed by atoms with Crippen LogP contribution in [0.3, 0.4) is 0 Å². The number of nitrogens with two attached hydrogens (primary N) is 3. The summed E-state index contributed by atoms with van der Waals surface area (Å²) in [4.78, 5) is 49.8. The second-order valence-electron chi connectivity index (χ2n) is 36.8. The number of ether oxygens (including phenoxy) is 2. The molecule has 0 radical (unpaired) electrons. The summed E-state index contributed by atoms with van der Waals surface area (Å²) in [5.41, 5.74) is 18.3. The molecule has 4 aromatic carbocycles. The number of nitrogens with one attached hydrogen (secondary N) is 1. The zero-order valence-electron chi connectivity index (χ0n) is 83.5. The van der Waals surface area contributed by atoms with Crippen molar-refractivity contribution >= 4 is 31.7 Å². The van der Waals surface area contributed by atoms with Crippen LogP contribution >= 0.6 is 0 Å². The van der Waals surface area contributed by atoms with Crippen molar-refractivity contribution in [2.24, 2.45) is 22.5 Å².